The van der Waals surface area contributed by atoms with Crippen molar-refractivity contribution in [2.45, 2.75) is 89.4 Å². The Morgan fingerprint density at radius 2 is 2.00 bits per heavy atom. The summed E-state index contributed by atoms with van der Waals surface area (Å²) in [5.41, 5.74) is -0.174. The van der Waals surface area contributed by atoms with Crippen LogP contribution in [-0.4, -0.2) is 41.6 Å². The van der Waals surface area contributed by atoms with E-state index in [4.69, 9.17) is 14.2 Å². The fraction of sp³-hybridized carbons (Fsp3) is 0.800. The lowest BCUT2D eigenvalue weighted by molar-refractivity contribution is -0.173. The van der Waals surface area contributed by atoms with E-state index in [1.807, 2.05) is 6.92 Å². The third kappa shape index (κ3) is 2.20. The quantitative estimate of drug-likeness (QED) is 0.494. The maximum atomic E-state index is 13.3. The molecule has 0 aromatic carbocycles. The number of esters is 2. The number of fused-ring (bicyclic) bond motifs is 4. The number of ether oxygens (including phenoxy) is 3. The van der Waals surface area contributed by atoms with E-state index in [1.54, 1.807) is 6.08 Å². The molecule has 6 nitrogen and oxygen atoms in total. The van der Waals surface area contributed by atoms with Gasteiger partial charge in [-0.2, -0.15) is 0 Å². The molecule has 4 aliphatic carbocycles. The molecule has 0 bridgehead atoms. The first kappa shape index (κ1) is 20.0. The Labute approximate surface area is 183 Å². The fourth-order valence-corrected chi connectivity index (χ4v) is 8.78. The summed E-state index contributed by atoms with van der Waals surface area (Å²) in [4.78, 5) is 37.7. The minimum absolute atomic E-state index is 0.0318. The molecule has 6 rings (SSSR count). The molecule has 6 heteroatoms. The van der Waals surface area contributed by atoms with Crippen LogP contribution in [0.3, 0.4) is 0 Å². The van der Waals surface area contributed by atoms with Crippen LogP contribution < -0.4 is 0 Å². The first-order valence-corrected chi connectivity index (χ1v) is 12.0. The number of carbonyl (C=O) groups is 3. The molecule has 5 fully saturated rings. The zero-order chi connectivity index (χ0) is 21.8. The molecular weight excluding hydrogens is 396 g/mol. The SMILES string of the molecule is CCOC(=O)C1CC2=CC(=O)CC[C@]2(C)C23O[C@@H]2C[C@@]2(C)[C@@H](CC[C@@]24CCC(=O)O4)[C@H]13. The number of rotatable bonds is 2. The highest BCUT2D eigenvalue weighted by molar-refractivity contribution is 5.92. The van der Waals surface area contributed by atoms with Crippen LogP contribution in [0.15, 0.2) is 11.6 Å². The summed E-state index contributed by atoms with van der Waals surface area (Å²) in [6.45, 7) is 6.71. The van der Waals surface area contributed by atoms with Gasteiger partial charge in [-0.15, -0.1) is 0 Å². The molecule has 3 saturated carbocycles. The zero-order valence-electron chi connectivity index (χ0n) is 18.7. The predicted molar refractivity (Wildman–Crippen MR) is 110 cm³/mol. The summed E-state index contributed by atoms with van der Waals surface area (Å²) in [5, 5.41) is 0. The molecule has 6 aliphatic rings. The van der Waals surface area contributed by atoms with Crippen molar-refractivity contribution in [2.24, 2.45) is 28.6 Å². The lowest BCUT2D eigenvalue weighted by atomic mass is 9.43. The Bertz CT molecular complexity index is 923. The average Bonchev–Trinajstić information content (AvgIpc) is 3.20. The molecule has 168 valence electrons. The molecule has 0 aromatic heterocycles. The van der Waals surface area contributed by atoms with Crippen molar-refractivity contribution in [3.8, 4) is 0 Å². The maximum absolute atomic E-state index is 13.3. The lowest BCUT2D eigenvalue weighted by Gasteiger charge is -2.58. The smallest absolute Gasteiger partial charge is 0.309 e. The summed E-state index contributed by atoms with van der Waals surface area (Å²) in [6, 6.07) is 0. The van der Waals surface area contributed by atoms with Gasteiger partial charge >= 0.3 is 11.9 Å². The van der Waals surface area contributed by atoms with Crippen molar-refractivity contribution in [3.63, 3.8) is 0 Å². The highest BCUT2D eigenvalue weighted by atomic mass is 16.6. The van der Waals surface area contributed by atoms with E-state index in [9.17, 15) is 14.4 Å². The van der Waals surface area contributed by atoms with E-state index in [2.05, 4.69) is 13.8 Å². The second kappa shape index (κ2) is 6.00. The second-order valence-corrected chi connectivity index (χ2v) is 11.2. The van der Waals surface area contributed by atoms with Crippen LogP contribution in [0.1, 0.15) is 72.1 Å². The van der Waals surface area contributed by atoms with Crippen LogP contribution in [0.4, 0.5) is 0 Å². The largest absolute Gasteiger partial charge is 0.466 e. The van der Waals surface area contributed by atoms with E-state index >= 15 is 0 Å². The monoisotopic (exact) mass is 428 g/mol. The Morgan fingerprint density at radius 3 is 2.71 bits per heavy atom. The molecule has 8 atom stereocenters. The molecule has 2 heterocycles. The van der Waals surface area contributed by atoms with Crippen molar-refractivity contribution in [2.75, 3.05) is 6.61 Å². The van der Waals surface area contributed by atoms with Gasteiger partial charge in [-0.25, -0.2) is 0 Å². The molecule has 0 amide bonds. The van der Waals surface area contributed by atoms with Gasteiger partial charge in [0.05, 0.1) is 18.6 Å². The Kier molecular flexibility index (Phi) is 3.86. The Morgan fingerprint density at radius 1 is 1.19 bits per heavy atom. The van der Waals surface area contributed by atoms with Crippen molar-refractivity contribution in [1.29, 1.82) is 0 Å². The number of epoxide rings is 1. The molecule has 31 heavy (non-hydrogen) atoms. The first-order chi connectivity index (χ1) is 14.7. The minimum atomic E-state index is -0.425. The first-order valence-electron chi connectivity index (χ1n) is 12.0. The van der Waals surface area contributed by atoms with Gasteiger partial charge in [0.2, 0.25) is 0 Å². The number of carbonyl (C=O) groups excluding carboxylic acids is 3. The van der Waals surface area contributed by atoms with Gasteiger partial charge in [-0.3, -0.25) is 14.4 Å². The van der Waals surface area contributed by atoms with Crippen molar-refractivity contribution in [3.05, 3.63) is 11.6 Å². The fourth-order valence-electron chi connectivity index (χ4n) is 8.78. The Hall–Kier alpha value is -1.69. The van der Waals surface area contributed by atoms with Gasteiger partial charge in [0, 0.05) is 29.6 Å². The van der Waals surface area contributed by atoms with Crippen LogP contribution >= 0.6 is 0 Å². The standard InChI is InChI=1S/C25H32O6/c1-4-29-21(28)16-12-14-11-15(26)5-8-22(14,2)25-18(30-25)13-23(3)17(20(16)25)6-9-24(23)10-7-19(27)31-24/h11,16-18,20H,4-10,12-13H2,1-3H3/t16?,17-,18+,20-,22-,23-,24+,25?/m0/s1. The van der Waals surface area contributed by atoms with Crippen LogP contribution in [-0.2, 0) is 28.6 Å². The van der Waals surface area contributed by atoms with E-state index in [0.717, 1.165) is 37.7 Å². The number of hydrogen-bond acceptors (Lipinski definition) is 6. The van der Waals surface area contributed by atoms with Crippen LogP contribution in [0, 0.1) is 28.6 Å². The summed E-state index contributed by atoms with van der Waals surface area (Å²) in [7, 11) is 0. The average molecular weight is 429 g/mol. The van der Waals surface area contributed by atoms with Gasteiger partial charge in [0.25, 0.3) is 0 Å². The van der Waals surface area contributed by atoms with Gasteiger partial charge in [-0.05, 0) is 57.4 Å². The zero-order valence-corrected chi connectivity index (χ0v) is 18.7. The molecule has 0 N–H and O–H groups in total. The third-order valence-electron chi connectivity index (χ3n) is 10.3. The summed E-state index contributed by atoms with van der Waals surface area (Å²) in [5.74, 6) is -0.154. The molecule has 2 unspecified atom stereocenters. The molecular formula is C25H32O6. The van der Waals surface area contributed by atoms with E-state index in [0.29, 0.717) is 25.9 Å². The predicted octanol–water partition coefficient (Wildman–Crippen LogP) is 3.51. The molecule has 2 saturated heterocycles. The van der Waals surface area contributed by atoms with Crippen molar-refractivity contribution in [1.82, 2.24) is 0 Å². The summed E-state index contributed by atoms with van der Waals surface area (Å²) >= 11 is 0. The van der Waals surface area contributed by atoms with Crippen LogP contribution in [0.2, 0.25) is 0 Å². The van der Waals surface area contributed by atoms with E-state index in [-0.39, 0.29) is 52.4 Å². The molecule has 0 radical (unpaired) electrons. The number of ketones is 1. The van der Waals surface area contributed by atoms with Gasteiger partial charge in [0.15, 0.2) is 5.78 Å². The minimum Gasteiger partial charge on any atom is -0.466 e. The van der Waals surface area contributed by atoms with Gasteiger partial charge in [0.1, 0.15) is 11.2 Å². The van der Waals surface area contributed by atoms with Crippen molar-refractivity contribution < 1.29 is 28.6 Å². The highest BCUT2D eigenvalue weighted by Gasteiger charge is 2.83. The molecule has 2 spiro atoms. The highest BCUT2D eigenvalue weighted by Crippen LogP contribution is 2.78. The van der Waals surface area contributed by atoms with Crippen LogP contribution in [0.25, 0.3) is 0 Å². The second-order valence-electron chi connectivity index (χ2n) is 11.2. The summed E-state index contributed by atoms with van der Waals surface area (Å²) < 4.78 is 18.3. The van der Waals surface area contributed by atoms with E-state index < -0.39 is 11.2 Å². The van der Waals surface area contributed by atoms with Gasteiger partial charge in [-0.1, -0.05) is 19.4 Å². The number of hydrogen-bond donors (Lipinski definition) is 0. The third-order valence-corrected chi connectivity index (χ3v) is 10.3. The normalized spacial score (nSPS) is 51.9. The van der Waals surface area contributed by atoms with Gasteiger partial charge < -0.3 is 14.2 Å². The maximum Gasteiger partial charge on any atom is 0.309 e. The van der Waals surface area contributed by atoms with Crippen LogP contribution in [0.5, 0.6) is 0 Å². The Balaban J connectivity index is 1.48. The van der Waals surface area contributed by atoms with Crippen molar-refractivity contribution >= 4 is 17.7 Å². The topological polar surface area (TPSA) is 82.2 Å². The summed E-state index contributed by atoms with van der Waals surface area (Å²) in [6.07, 6.45) is 7.64. The molecule has 2 aliphatic heterocycles. The van der Waals surface area contributed by atoms with E-state index in [1.165, 1.54) is 0 Å². The lowest BCUT2D eigenvalue weighted by Crippen LogP contribution is -2.63. The molecule has 0 aromatic rings.